The molecule has 2 fully saturated rings. The van der Waals surface area contributed by atoms with Crippen molar-refractivity contribution < 1.29 is 4.74 Å². The van der Waals surface area contributed by atoms with Crippen LogP contribution in [0.3, 0.4) is 0 Å². The Morgan fingerprint density at radius 2 is 1.97 bits per heavy atom. The first-order valence-electron chi connectivity index (χ1n) is 11.6. The number of ether oxygens (including phenoxy) is 1. The minimum Gasteiger partial charge on any atom is -0.382 e. The summed E-state index contributed by atoms with van der Waals surface area (Å²) in [5, 5.41) is 7.22. The second-order valence-electron chi connectivity index (χ2n) is 8.73. The highest BCUT2D eigenvalue weighted by atomic mass is 16.5. The predicted octanol–water partition coefficient (Wildman–Crippen LogP) is 4.50. The summed E-state index contributed by atoms with van der Waals surface area (Å²) in [5.41, 5.74) is 3.01. The highest BCUT2D eigenvalue weighted by Crippen LogP contribution is 2.40. The molecule has 0 radical (unpaired) electrons. The fourth-order valence-corrected chi connectivity index (χ4v) is 4.79. The predicted molar refractivity (Wildman–Crippen MR) is 123 cm³/mol. The van der Waals surface area contributed by atoms with Crippen molar-refractivity contribution in [2.24, 2.45) is 10.4 Å². The highest BCUT2D eigenvalue weighted by Gasteiger charge is 2.33. The number of aliphatic imine (C=N–C) groups is 1. The Labute approximate surface area is 177 Å². The van der Waals surface area contributed by atoms with Crippen LogP contribution in [0.25, 0.3) is 0 Å². The van der Waals surface area contributed by atoms with Crippen LogP contribution in [0.1, 0.15) is 70.4 Å². The first-order valence-corrected chi connectivity index (χ1v) is 11.6. The van der Waals surface area contributed by atoms with E-state index in [2.05, 4.69) is 58.6 Å². The van der Waals surface area contributed by atoms with Crippen LogP contribution in [0.2, 0.25) is 0 Å². The van der Waals surface area contributed by atoms with Gasteiger partial charge in [0.15, 0.2) is 5.96 Å². The molecule has 5 heteroatoms. The molecule has 0 amide bonds. The number of anilines is 1. The SMILES string of the molecule is CCOCCC1(CNC(=NC)NC(C)c2cccc(N3CCCC3)c2)CCCC1. The van der Waals surface area contributed by atoms with Gasteiger partial charge >= 0.3 is 0 Å². The molecule has 1 atom stereocenters. The zero-order chi connectivity index (χ0) is 20.5. The lowest BCUT2D eigenvalue weighted by Gasteiger charge is -2.30. The van der Waals surface area contributed by atoms with Crippen LogP contribution >= 0.6 is 0 Å². The van der Waals surface area contributed by atoms with E-state index < -0.39 is 0 Å². The van der Waals surface area contributed by atoms with Gasteiger partial charge in [-0.25, -0.2) is 0 Å². The van der Waals surface area contributed by atoms with Gasteiger partial charge in [-0.15, -0.1) is 0 Å². The second-order valence-corrected chi connectivity index (χ2v) is 8.73. The Morgan fingerprint density at radius 3 is 2.66 bits per heavy atom. The van der Waals surface area contributed by atoms with Crippen molar-refractivity contribution in [3.05, 3.63) is 29.8 Å². The summed E-state index contributed by atoms with van der Waals surface area (Å²) in [7, 11) is 1.87. The van der Waals surface area contributed by atoms with Gasteiger partial charge in [-0.1, -0.05) is 25.0 Å². The lowest BCUT2D eigenvalue weighted by molar-refractivity contribution is 0.105. The van der Waals surface area contributed by atoms with Gasteiger partial charge in [0.05, 0.1) is 6.04 Å². The van der Waals surface area contributed by atoms with Crippen molar-refractivity contribution in [3.63, 3.8) is 0 Å². The van der Waals surface area contributed by atoms with Crippen molar-refractivity contribution in [1.29, 1.82) is 0 Å². The van der Waals surface area contributed by atoms with Gasteiger partial charge in [0.25, 0.3) is 0 Å². The molecule has 0 aromatic heterocycles. The Balaban J connectivity index is 1.55. The molecule has 162 valence electrons. The molecule has 1 aromatic rings. The van der Waals surface area contributed by atoms with Gasteiger partial charge in [0.1, 0.15) is 0 Å². The first-order chi connectivity index (χ1) is 14.2. The molecule has 1 aromatic carbocycles. The second kappa shape index (κ2) is 10.9. The summed E-state index contributed by atoms with van der Waals surface area (Å²) in [6.45, 7) is 9.30. The lowest BCUT2D eigenvalue weighted by Crippen LogP contribution is -2.44. The number of benzene rings is 1. The van der Waals surface area contributed by atoms with Crippen molar-refractivity contribution in [2.75, 3.05) is 44.8 Å². The summed E-state index contributed by atoms with van der Waals surface area (Å²) in [6, 6.07) is 9.17. The summed E-state index contributed by atoms with van der Waals surface area (Å²) >= 11 is 0. The molecule has 1 saturated carbocycles. The number of rotatable bonds is 9. The van der Waals surface area contributed by atoms with Crippen molar-refractivity contribution in [3.8, 4) is 0 Å². The highest BCUT2D eigenvalue weighted by molar-refractivity contribution is 5.80. The number of guanidine groups is 1. The van der Waals surface area contributed by atoms with Crippen LogP contribution < -0.4 is 15.5 Å². The Morgan fingerprint density at radius 1 is 1.21 bits per heavy atom. The van der Waals surface area contributed by atoms with Gasteiger partial charge in [0.2, 0.25) is 0 Å². The van der Waals surface area contributed by atoms with Gasteiger partial charge in [-0.3, -0.25) is 4.99 Å². The zero-order valence-corrected chi connectivity index (χ0v) is 18.7. The van der Waals surface area contributed by atoms with E-state index in [1.54, 1.807) is 0 Å². The van der Waals surface area contributed by atoms with E-state index in [0.717, 1.165) is 32.1 Å². The molecular weight excluding hydrogens is 360 g/mol. The standard InChI is InChI=1S/C24H40N4O/c1-4-29-17-14-24(12-5-6-13-24)19-26-23(25-3)27-20(2)21-10-9-11-22(18-21)28-15-7-8-16-28/h9-11,18,20H,4-8,12-17,19H2,1-3H3,(H2,25,26,27). The van der Waals surface area contributed by atoms with E-state index >= 15 is 0 Å². The van der Waals surface area contributed by atoms with Crippen molar-refractivity contribution >= 4 is 11.6 Å². The van der Waals surface area contributed by atoms with Crippen LogP contribution in [-0.2, 0) is 4.74 Å². The lowest BCUT2D eigenvalue weighted by atomic mass is 9.83. The van der Waals surface area contributed by atoms with Gasteiger partial charge in [-0.05, 0) is 69.1 Å². The maximum atomic E-state index is 5.65. The summed E-state index contributed by atoms with van der Waals surface area (Å²) in [5.74, 6) is 0.895. The zero-order valence-electron chi connectivity index (χ0n) is 18.7. The number of hydrogen-bond donors (Lipinski definition) is 2. The number of hydrogen-bond acceptors (Lipinski definition) is 3. The summed E-state index contributed by atoms with van der Waals surface area (Å²) < 4.78 is 5.65. The molecular formula is C24H40N4O. The Bertz CT molecular complexity index is 648. The number of nitrogens with one attached hydrogen (secondary N) is 2. The van der Waals surface area contributed by atoms with E-state index in [1.165, 1.54) is 62.9 Å². The molecule has 1 heterocycles. The largest absolute Gasteiger partial charge is 0.382 e. The van der Waals surface area contributed by atoms with Crippen LogP contribution in [-0.4, -0.2) is 45.9 Å². The van der Waals surface area contributed by atoms with Crippen LogP contribution in [0.5, 0.6) is 0 Å². The Kier molecular flexibility index (Phi) is 8.22. The van der Waals surface area contributed by atoms with Crippen molar-refractivity contribution in [1.82, 2.24) is 10.6 Å². The average Bonchev–Trinajstić information content (AvgIpc) is 3.44. The average molecular weight is 401 g/mol. The van der Waals surface area contributed by atoms with Crippen LogP contribution in [0, 0.1) is 5.41 Å². The smallest absolute Gasteiger partial charge is 0.191 e. The maximum absolute atomic E-state index is 5.65. The quantitative estimate of drug-likeness (QED) is 0.364. The first kappa shape index (κ1) is 21.9. The molecule has 1 saturated heterocycles. The molecule has 5 nitrogen and oxygen atoms in total. The monoisotopic (exact) mass is 400 g/mol. The molecule has 0 bridgehead atoms. The van der Waals surface area contributed by atoms with Crippen LogP contribution in [0.15, 0.2) is 29.3 Å². The summed E-state index contributed by atoms with van der Waals surface area (Å²) in [4.78, 5) is 6.99. The van der Waals surface area contributed by atoms with E-state index in [1.807, 2.05) is 7.05 Å². The van der Waals surface area contributed by atoms with E-state index in [0.29, 0.717) is 5.41 Å². The molecule has 3 rings (SSSR count). The molecule has 2 N–H and O–H groups in total. The molecule has 1 aliphatic heterocycles. The molecule has 0 spiro atoms. The third-order valence-corrected chi connectivity index (χ3v) is 6.69. The minimum atomic E-state index is 0.215. The summed E-state index contributed by atoms with van der Waals surface area (Å²) in [6.07, 6.45) is 8.99. The normalized spacial score (nSPS) is 20.1. The van der Waals surface area contributed by atoms with Gasteiger partial charge in [0, 0.05) is 45.6 Å². The molecule has 1 aliphatic carbocycles. The molecule has 2 aliphatic rings. The van der Waals surface area contributed by atoms with Crippen molar-refractivity contribution in [2.45, 2.75) is 64.8 Å². The fourth-order valence-electron chi connectivity index (χ4n) is 4.79. The number of nitrogens with zero attached hydrogens (tertiary/aromatic N) is 2. The van der Waals surface area contributed by atoms with Crippen LogP contribution in [0.4, 0.5) is 5.69 Å². The molecule has 1 unspecified atom stereocenters. The minimum absolute atomic E-state index is 0.215. The third-order valence-electron chi connectivity index (χ3n) is 6.69. The van der Waals surface area contributed by atoms with E-state index in [-0.39, 0.29) is 6.04 Å². The molecule has 29 heavy (non-hydrogen) atoms. The maximum Gasteiger partial charge on any atom is 0.191 e. The van der Waals surface area contributed by atoms with Gasteiger partial charge < -0.3 is 20.3 Å². The fraction of sp³-hybridized carbons (Fsp3) is 0.708. The Hall–Kier alpha value is -1.75. The van der Waals surface area contributed by atoms with E-state index in [9.17, 15) is 0 Å². The van der Waals surface area contributed by atoms with Gasteiger partial charge in [-0.2, -0.15) is 0 Å². The van der Waals surface area contributed by atoms with E-state index in [4.69, 9.17) is 4.74 Å². The third kappa shape index (κ3) is 6.11. The topological polar surface area (TPSA) is 48.9 Å².